The van der Waals surface area contributed by atoms with Crippen LogP contribution >= 0.6 is 0 Å². The highest BCUT2D eigenvalue weighted by Gasteiger charge is 2.18. The van der Waals surface area contributed by atoms with Gasteiger partial charge in [0.05, 0.1) is 0 Å². The van der Waals surface area contributed by atoms with Gasteiger partial charge in [-0.25, -0.2) is 0 Å². The van der Waals surface area contributed by atoms with E-state index in [-0.39, 0.29) is 5.41 Å². The zero-order chi connectivity index (χ0) is 13.5. The van der Waals surface area contributed by atoms with Gasteiger partial charge in [-0.2, -0.15) is 0 Å². The van der Waals surface area contributed by atoms with Gasteiger partial charge in [0, 0.05) is 11.6 Å². The van der Waals surface area contributed by atoms with E-state index in [2.05, 4.69) is 51.9 Å². The highest BCUT2D eigenvalue weighted by molar-refractivity contribution is 5.68. The van der Waals surface area contributed by atoms with Crippen LogP contribution in [-0.2, 0) is 5.41 Å². The standard InChI is InChI=1S/C15H20N2O/c1-9-6-11(15(3,4)5)7-10(2)14(9)12-8-13(16)17-18-12/h6-8H,1-5H3,(H2,16,17). The van der Waals surface area contributed by atoms with Gasteiger partial charge in [-0.15, -0.1) is 0 Å². The Morgan fingerprint density at radius 1 is 1.06 bits per heavy atom. The molecule has 0 atom stereocenters. The van der Waals surface area contributed by atoms with Crippen LogP contribution in [-0.4, -0.2) is 5.16 Å². The predicted molar refractivity (Wildman–Crippen MR) is 74.5 cm³/mol. The zero-order valence-corrected chi connectivity index (χ0v) is 11.7. The summed E-state index contributed by atoms with van der Waals surface area (Å²) in [4.78, 5) is 0. The molecular weight excluding hydrogens is 224 g/mol. The van der Waals surface area contributed by atoms with E-state index in [1.165, 1.54) is 16.7 Å². The Kier molecular flexibility index (Phi) is 2.93. The van der Waals surface area contributed by atoms with Gasteiger partial charge >= 0.3 is 0 Å². The fourth-order valence-electron chi connectivity index (χ4n) is 2.19. The molecule has 3 heteroatoms. The minimum atomic E-state index is 0.147. The summed E-state index contributed by atoms with van der Waals surface area (Å²) in [5.74, 6) is 1.16. The highest BCUT2D eigenvalue weighted by Crippen LogP contribution is 2.33. The normalized spacial score (nSPS) is 11.8. The van der Waals surface area contributed by atoms with Crippen LogP contribution in [0.4, 0.5) is 5.82 Å². The lowest BCUT2D eigenvalue weighted by molar-refractivity contribution is 0.435. The number of nitrogens with zero attached hydrogens (tertiary/aromatic N) is 1. The van der Waals surface area contributed by atoms with Crippen LogP contribution in [0.2, 0.25) is 0 Å². The molecule has 1 heterocycles. The quantitative estimate of drug-likeness (QED) is 0.829. The largest absolute Gasteiger partial charge is 0.381 e. The maximum Gasteiger partial charge on any atom is 0.169 e. The van der Waals surface area contributed by atoms with Crippen LogP contribution in [0.1, 0.15) is 37.5 Å². The smallest absolute Gasteiger partial charge is 0.169 e. The van der Waals surface area contributed by atoms with Crippen molar-refractivity contribution in [2.24, 2.45) is 0 Å². The van der Waals surface area contributed by atoms with Gasteiger partial charge in [0.15, 0.2) is 11.6 Å². The molecular formula is C15H20N2O. The summed E-state index contributed by atoms with van der Waals surface area (Å²) in [6.45, 7) is 10.8. The zero-order valence-electron chi connectivity index (χ0n) is 11.7. The van der Waals surface area contributed by atoms with Gasteiger partial charge in [-0.1, -0.05) is 38.1 Å². The number of nitrogens with two attached hydrogens (primary N) is 1. The van der Waals surface area contributed by atoms with Crippen molar-refractivity contribution in [3.8, 4) is 11.3 Å². The molecule has 0 amide bonds. The van der Waals surface area contributed by atoms with E-state index in [0.29, 0.717) is 5.82 Å². The summed E-state index contributed by atoms with van der Waals surface area (Å²) in [5, 5.41) is 3.75. The highest BCUT2D eigenvalue weighted by atomic mass is 16.5. The molecule has 0 unspecified atom stereocenters. The van der Waals surface area contributed by atoms with Crippen molar-refractivity contribution in [1.29, 1.82) is 0 Å². The first kappa shape index (κ1) is 12.7. The first-order valence-corrected chi connectivity index (χ1v) is 6.13. The number of hydrogen-bond donors (Lipinski definition) is 1. The molecule has 0 bridgehead atoms. The SMILES string of the molecule is Cc1cc(C(C)(C)C)cc(C)c1-c1cc(N)no1. The van der Waals surface area contributed by atoms with Crippen LogP contribution in [0.3, 0.4) is 0 Å². The Balaban J connectivity index is 2.58. The number of anilines is 1. The third kappa shape index (κ3) is 2.26. The summed E-state index contributed by atoms with van der Waals surface area (Å²) in [5.41, 5.74) is 10.6. The molecule has 2 rings (SSSR count). The molecule has 0 fully saturated rings. The molecule has 0 aliphatic rings. The van der Waals surface area contributed by atoms with Crippen LogP contribution in [0.5, 0.6) is 0 Å². The second-order valence-corrected chi connectivity index (χ2v) is 5.85. The third-order valence-electron chi connectivity index (χ3n) is 3.17. The molecule has 1 aromatic heterocycles. The Hall–Kier alpha value is -1.77. The predicted octanol–water partition coefficient (Wildman–Crippen LogP) is 3.84. The van der Waals surface area contributed by atoms with Crippen LogP contribution in [0.15, 0.2) is 22.7 Å². The Morgan fingerprint density at radius 3 is 2.00 bits per heavy atom. The molecule has 0 radical (unpaired) electrons. The molecule has 3 nitrogen and oxygen atoms in total. The molecule has 18 heavy (non-hydrogen) atoms. The van der Waals surface area contributed by atoms with E-state index < -0.39 is 0 Å². The second-order valence-electron chi connectivity index (χ2n) is 5.85. The maximum atomic E-state index is 5.61. The second kappa shape index (κ2) is 4.16. The Morgan fingerprint density at radius 2 is 1.61 bits per heavy atom. The number of rotatable bonds is 1. The first-order valence-electron chi connectivity index (χ1n) is 6.13. The summed E-state index contributed by atoms with van der Waals surface area (Å²) in [6, 6.07) is 6.19. The lowest BCUT2D eigenvalue weighted by atomic mass is 9.83. The minimum Gasteiger partial charge on any atom is -0.381 e. The van der Waals surface area contributed by atoms with Crippen molar-refractivity contribution < 1.29 is 4.52 Å². The molecule has 2 aromatic rings. The number of hydrogen-bond acceptors (Lipinski definition) is 3. The third-order valence-corrected chi connectivity index (χ3v) is 3.17. The number of benzene rings is 1. The molecule has 0 saturated heterocycles. The van der Waals surface area contributed by atoms with Crippen molar-refractivity contribution in [3.63, 3.8) is 0 Å². The number of nitrogen functional groups attached to an aromatic ring is 1. The van der Waals surface area contributed by atoms with Gasteiger partial charge < -0.3 is 10.3 Å². The van der Waals surface area contributed by atoms with E-state index in [0.717, 1.165) is 11.3 Å². The van der Waals surface area contributed by atoms with Crippen molar-refractivity contribution in [2.45, 2.75) is 40.0 Å². The van der Waals surface area contributed by atoms with Crippen molar-refractivity contribution in [3.05, 3.63) is 34.9 Å². The lowest BCUT2D eigenvalue weighted by Gasteiger charge is -2.21. The summed E-state index contributed by atoms with van der Waals surface area (Å²) in [7, 11) is 0. The Labute approximate surface area is 108 Å². The van der Waals surface area contributed by atoms with Crippen LogP contribution in [0, 0.1) is 13.8 Å². The van der Waals surface area contributed by atoms with E-state index >= 15 is 0 Å². The number of aromatic nitrogens is 1. The first-order chi connectivity index (χ1) is 8.29. The van der Waals surface area contributed by atoms with Gasteiger partial charge in [-0.3, -0.25) is 0 Å². The summed E-state index contributed by atoms with van der Waals surface area (Å²) in [6.07, 6.45) is 0. The molecule has 0 spiro atoms. The average Bonchev–Trinajstić information content (AvgIpc) is 2.62. The van der Waals surface area contributed by atoms with Crippen molar-refractivity contribution >= 4 is 5.82 Å². The summed E-state index contributed by atoms with van der Waals surface area (Å²) < 4.78 is 5.26. The number of aryl methyl sites for hydroxylation is 2. The molecule has 0 saturated carbocycles. The maximum absolute atomic E-state index is 5.61. The van der Waals surface area contributed by atoms with E-state index in [1.807, 2.05) is 0 Å². The lowest BCUT2D eigenvalue weighted by Crippen LogP contribution is -2.12. The van der Waals surface area contributed by atoms with Gasteiger partial charge in [0.2, 0.25) is 0 Å². The molecule has 1 aromatic carbocycles. The molecule has 96 valence electrons. The fraction of sp³-hybridized carbons (Fsp3) is 0.400. The monoisotopic (exact) mass is 244 g/mol. The average molecular weight is 244 g/mol. The summed E-state index contributed by atoms with van der Waals surface area (Å²) >= 11 is 0. The van der Waals surface area contributed by atoms with Crippen molar-refractivity contribution in [2.75, 3.05) is 5.73 Å². The van der Waals surface area contributed by atoms with Crippen molar-refractivity contribution in [1.82, 2.24) is 5.16 Å². The van der Waals surface area contributed by atoms with E-state index in [9.17, 15) is 0 Å². The van der Waals surface area contributed by atoms with Crippen LogP contribution in [0.25, 0.3) is 11.3 Å². The topological polar surface area (TPSA) is 52.0 Å². The minimum absolute atomic E-state index is 0.147. The fourth-order valence-corrected chi connectivity index (χ4v) is 2.19. The Bertz CT molecular complexity index is 553. The molecule has 0 aliphatic heterocycles. The van der Waals surface area contributed by atoms with Gasteiger partial charge in [0.25, 0.3) is 0 Å². The molecule has 0 aliphatic carbocycles. The van der Waals surface area contributed by atoms with Crippen LogP contribution < -0.4 is 5.73 Å². The van der Waals surface area contributed by atoms with E-state index in [1.54, 1.807) is 6.07 Å². The van der Waals surface area contributed by atoms with Gasteiger partial charge in [-0.05, 0) is 36.0 Å². The van der Waals surface area contributed by atoms with Gasteiger partial charge in [0.1, 0.15) is 0 Å². The molecule has 2 N–H and O–H groups in total. The van der Waals surface area contributed by atoms with E-state index in [4.69, 9.17) is 10.3 Å².